The minimum Gasteiger partial charge on any atom is -0.497 e. The van der Waals surface area contributed by atoms with Crippen LogP contribution in [0.3, 0.4) is 0 Å². The second kappa shape index (κ2) is 13.8. The number of pyridine rings is 1. The largest absolute Gasteiger partial charge is 0.497 e. The standard InChI is InChI=1S/C33H33N3O6S/c1-5-35(27-11-7-6-8-12-27)31(37)18-13-25-20-24(2)32(30(21-25)33(38)42-4)36(23-26-10-9-19-34-22-26)43(39,40)29-16-14-28(41-3)15-17-29/h6-22H,5,23H2,1-4H3. The Labute approximate surface area is 252 Å². The van der Waals surface area contributed by atoms with E-state index in [-0.39, 0.29) is 28.6 Å². The van der Waals surface area contributed by atoms with E-state index >= 15 is 0 Å². The molecule has 4 rings (SSSR count). The van der Waals surface area contributed by atoms with Crippen LogP contribution in [-0.2, 0) is 26.1 Å². The first-order chi connectivity index (χ1) is 20.7. The second-order valence-corrected chi connectivity index (χ2v) is 11.4. The van der Waals surface area contributed by atoms with E-state index in [1.807, 2.05) is 37.3 Å². The Hall–Kier alpha value is -4.96. The average Bonchev–Trinajstić information content (AvgIpc) is 3.03. The average molecular weight is 600 g/mol. The fraction of sp³-hybridized carbons (Fsp3) is 0.182. The van der Waals surface area contributed by atoms with Crippen LogP contribution in [0, 0.1) is 6.92 Å². The smallest absolute Gasteiger partial charge is 0.340 e. The molecule has 0 aliphatic rings. The van der Waals surface area contributed by atoms with Crippen LogP contribution in [0.4, 0.5) is 11.4 Å². The SMILES string of the molecule is CCN(C(=O)C=Cc1cc(C)c(N(Cc2cccnc2)S(=O)(=O)c2ccc(OC)cc2)c(C(=O)OC)c1)c1ccccc1. The van der Waals surface area contributed by atoms with Crippen LogP contribution in [0.25, 0.3) is 6.08 Å². The van der Waals surface area contributed by atoms with Gasteiger partial charge in [0.25, 0.3) is 15.9 Å². The number of esters is 1. The molecule has 10 heteroatoms. The summed E-state index contributed by atoms with van der Waals surface area (Å²) in [5.74, 6) is -0.459. The molecular weight excluding hydrogens is 566 g/mol. The molecule has 1 heterocycles. The Bertz CT molecular complexity index is 1710. The molecule has 0 aliphatic heterocycles. The van der Waals surface area contributed by atoms with Gasteiger partial charge in [-0.05, 0) is 91.2 Å². The summed E-state index contributed by atoms with van der Waals surface area (Å²) in [7, 11) is -1.46. The van der Waals surface area contributed by atoms with Gasteiger partial charge in [-0.3, -0.25) is 14.1 Å². The van der Waals surface area contributed by atoms with Gasteiger partial charge in [-0.15, -0.1) is 0 Å². The molecule has 0 bridgehead atoms. The number of para-hydroxylation sites is 1. The van der Waals surface area contributed by atoms with Crippen LogP contribution in [0.5, 0.6) is 5.75 Å². The van der Waals surface area contributed by atoms with Crippen molar-refractivity contribution < 1.29 is 27.5 Å². The molecule has 0 N–H and O–H groups in total. The molecular formula is C33H33N3O6S. The Balaban J connectivity index is 1.81. The predicted octanol–water partition coefficient (Wildman–Crippen LogP) is 5.65. The number of aryl methyl sites for hydroxylation is 1. The van der Waals surface area contributed by atoms with Crippen molar-refractivity contribution in [1.82, 2.24) is 4.98 Å². The molecule has 43 heavy (non-hydrogen) atoms. The fourth-order valence-electron chi connectivity index (χ4n) is 4.65. The highest BCUT2D eigenvalue weighted by molar-refractivity contribution is 7.92. The summed E-state index contributed by atoms with van der Waals surface area (Å²) in [5.41, 5.74) is 2.59. The van der Waals surface area contributed by atoms with E-state index in [4.69, 9.17) is 9.47 Å². The molecule has 0 saturated carbocycles. The topological polar surface area (TPSA) is 106 Å². The number of carbonyl (C=O) groups excluding carboxylic acids is 2. The number of likely N-dealkylation sites (N-methyl/N-ethyl adjacent to an activating group) is 1. The van der Waals surface area contributed by atoms with E-state index in [0.717, 1.165) is 5.69 Å². The van der Waals surface area contributed by atoms with Crippen LogP contribution >= 0.6 is 0 Å². The zero-order valence-corrected chi connectivity index (χ0v) is 25.2. The highest BCUT2D eigenvalue weighted by Gasteiger charge is 2.31. The first-order valence-corrected chi connectivity index (χ1v) is 15.0. The van der Waals surface area contributed by atoms with Crippen LogP contribution in [-0.4, -0.2) is 46.0 Å². The lowest BCUT2D eigenvalue weighted by atomic mass is 10.0. The molecule has 3 aromatic carbocycles. The highest BCUT2D eigenvalue weighted by atomic mass is 32.2. The number of sulfonamides is 1. The molecule has 0 saturated heterocycles. The van der Waals surface area contributed by atoms with Crippen molar-refractivity contribution in [2.24, 2.45) is 0 Å². The number of nitrogens with zero attached hydrogens (tertiary/aromatic N) is 3. The van der Waals surface area contributed by atoms with Crippen LogP contribution in [0.1, 0.15) is 34.0 Å². The zero-order valence-electron chi connectivity index (χ0n) is 24.4. The molecule has 0 fully saturated rings. The number of benzene rings is 3. The van der Waals surface area contributed by atoms with Crippen LogP contribution in [0.2, 0.25) is 0 Å². The van der Waals surface area contributed by atoms with Crippen LogP contribution in [0.15, 0.2) is 102 Å². The maximum absolute atomic E-state index is 14.1. The predicted molar refractivity (Wildman–Crippen MR) is 167 cm³/mol. The summed E-state index contributed by atoms with van der Waals surface area (Å²) in [5, 5.41) is 0. The summed E-state index contributed by atoms with van der Waals surface area (Å²) in [4.78, 5) is 32.0. The Morgan fingerprint density at radius 1 is 0.953 bits per heavy atom. The van der Waals surface area contributed by atoms with Crippen molar-refractivity contribution in [2.45, 2.75) is 25.3 Å². The van der Waals surface area contributed by atoms with E-state index < -0.39 is 16.0 Å². The summed E-state index contributed by atoms with van der Waals surface area (Å²) in [6, 6.07) is 22.0. The van der Waals surface area contributed by atoms with Gasteiger partial charge >= 0.3 is 5.97 Å². The normalized spacial score (nSPS) is 11.3. The van der Waals surface area contributed by atoms with Gasteiger partial charge in [0.2, 0.25) is 0 Å². The van der Waals surface area contributed by atoms with Crippen molar-refractivity contribution in [1.29, 1.82) is 0 Å². The van der Waals surface area contributed by atoms with E-state index in [9.17, 15) is 18.0 Å². The van der Waals surface area contributed by atoms with Gasteiger partial charge < -0.3 is 14.4 Å². The molecule has 9 nitrogen and oxygen atoms in total. The molecule has 0 unspecified atom stereocenters. The zero-order chi connectivity index (χ0) is 31.0. The monoisotopic (exact) mass is 599 g/mol. The maximum Gasteiger partial charge on any atom is 0.340 e. The quantitative estimate of drug-likeness (QED) is 0.162. The summed E-state index contributed by atoms with van der Waals surface area (Å²) >= 11 is 0. The van der Waals surface area contributed by atoms with Crippen molar-refractivity contribution >= 4 is 39.4 Å². The number of hydrogen-bond donors (Lipinski definition) is 0. The first kappa shape index (κ1) is 31.0. The summed E-state index contributed by atoms with van der Waals surface area (Å²) in [6.07, 6.45) is 6.18. The van der Waals surface area contributed by atoms with E-state index in [0.29, 0.717) is 29.0 Å². The minimum absolute atomic E-state index is 0.0162. The third kappa shape index (κ3) is 7.10. The Kier molecular flexibility index (Phi) is 9.95. The Morgan fingerprint density at radius 3 is 2.28 bits per heavy atom. The molecule has 4 aromatic rings. The number of hydrogen-bond acceptors (Lipinski definition) is 7. The van der Waals surface area contributed by atoms with Gasteiger partial charge in [0.15, 0.2) is 0 Å². The number of methoxy groups -OCH3 is 2. The van der Waals surface area contributed by atoms with Gasteiger partial charge in [-0.2, -0.15) is 0 Å². The molecule has 0 atom stereocenters. The van der Waals surface area contributed by atoms with Crippen LogP contribution < -0.4 is 13.9 Å². The molecule has 222 valence electrons. The van der Waals surface area contributed by atoms with E-state index in [1.54, 1.807) is 60.6 Å². The number of carbonyl (C=O) groups is 2. The van der Waals surface area contributed by atoms with Gasteiger partial charge in [-0.25, -0.2) is 13.2 Å². The van der Waals surface area contributed by atoms with Gasteiger partial charge in [0.05, 0.1) is 36.9 Å². The van der Waals surface area contributed by atoms with E-state index in [2.05, 4.69) is 4.98 Å². The first-order valence-electron chi connectivity index (χ1n) is 13.5. The highest BCUT2D eigenvalue weighted by Crippen LogP contribution is 2.34. The van der Waals surface area contributed by atoms with Crippen molar-refractivity contribution in [3.63, 3.8) is 0 Å². The Morgan fingerprint density at radius 2 is 1.67 bits per heavy atom. The molecule has 0 radical (unpaired) electrons. The number of aromatic nitrogens is 1. The number of anilines is 2. The number of amides is 1. The summed E-state index contributed by atoms with van der Waals surface area (Å²) in [6.45, 7) is 3.96. The number of ether oxygens (including phenoxy) is 2. The number of rotatable bonds is 11. The van der Waals surface area contributed by atoms with Gasteiger partial charge in [0.1, 0.15) is 5.75 Å². The lowest BCUT2D eigenvalue weighted by Crippen LogP contribution is -2.33. The minimum atomic E-state index is -4.18. The van der Waals surface area contributed by atoms with E-state index in [1.165, 1.54) is 42.8 Å². The second-order valence-electron chi connectivity index (χ2n) is 9.53. The lowest BCUT2D eigenvalue weighted by Gasteiger charge is -2.28. The lowest BCUT2D eigenvalue weighted by molar-refractivity contribution is -0.114. The molecule has 0 aliphatic carbocycles. The maximum atomic E-state index is 14.1. The van der Waals surface area contributed by atoms with Gasteiger partial charge in [0, 0.05) is 30.7 Å². The third-order valence-corrected chi connectivity index (χ3v) is 8.50. The molecule has 0 spiro atoms. The third-order valence-electron chi connectivity index (χ3n) is 6.74. The summed E-state index contributed by atoms with van der Waals surface area (Å²) < 4.78 is 39.7. The molecule has 1 amide bonds. The molecule has 1 aromatic heterocycles. The van der Waals surface area contributed by atoms with Crippen molar-refractivity contribution in [3.8, 4) is 5.75 Å². The van der Waals surface area contributed by atoms with Crippen molar-refractivity contribution in [3.05, 3.63) is 120 Å². The van der Waals surface area contributed by atoms with Gasteiger partial charge in [-0.1, -0.05) is 24.3 Å². The van der Waals surface area contributed by atoms with Crippen molar-refractivity contribution in [2.75, 3.05) is 30.0 Å². The fourth-order valence-corrected chi connectivity index (χ4v) is 6.18.